The quantitative estimate of drug-likeness (QED) is 0.672. The fourth-order valence-corrected chi connectivity index (χ4v) is 2.96. The smallest absolute Gasteiger partial charge is 0.255 e. The van der Waals surface area contributed by atoms with Gasteiger partial charge in [-0.25, -0.2) is 4.39 Å². The van der Waals surface area contributed by atoms with Gasteiger partial charge in [0.15, 0.2) is 0 Å². The molecule has 146 valence electrons. The van der Waals surface area contributed by atoms with Gasteiger partial charge in [0.2, 0.25) is 0 Å². The molecule has 2 aromatic carbocycles. The largest absolute Gasteiger partial charge is 0.491 e. The number of benzene rings is 2. The summed E-state index contributed by atoms with van der Waals surface area (Å²) >= 11 is 0. The Bertz CT molecular complexity index is 978. The van der Waals surface area contributed by atoms with Crippen molar-refractivity contribution >= 4 is 11.6 Å². The summed E-state index contributed by atoms with van der Waals surface area (Å²) in [6.45, 7) is 7.88. The maximum Gasteiger partial charge on any atom is 0.255 e. The SMILES string of the molecule is Cc1nn(Cc2ccccc2F)c(C)c1NC(=O)c1ccc(OC(C)C)cc1. The minimum absolute atomic E-state index is 0.0743. The van der Waals surface area contributed by atoms with E-state index in [9.17, 15) is 9.18 Å². The summed E-state index contributed by atoms with van der Waals surface area (Å²) in [5.41, 5.74) is 3.17. The molecule has 0 saturated carbocycles. The third kappa shape index (κ3) is 4.39. The van der Waals surface area contributed by atoms with E-state index in [1.165, 1.54) is 6.07 Å². The number of hydrogen-bond acceptors (Lipinski definition) is 3. The van der Waals surface area contributed by atoms with Crippen LogP contribution in [0, 0.1) is 19.7 Å². The maximum absolute atomic E-state index is 13.9. The molecule has 1 heterocycles. The minimum Gasteiger partial charge on any atom is -0.491 e. The fourth-order valence-electron chi connectivity index (χ4n) is 2.96. The molecule has 1 amide bonds. The van der Waals surface area contributed by atoms with Crippen LogP contribution in [0.1, 0.15) is 41.2 Å². The maximum atomic E-state index is 13.9. The number of halogens is 1. The lowest BCUT2D eigenvalue weighted by Gasteiger charge is -2.10. The van der Waals surface area contributed by atoms with E-state index in [2.05, 4.69) is 10.4 Å². The van der Waals surface area contributed by atoms with Gasteiger partial charge in [0.1, 0.15) is 11.6 Å². The van der Waals surface area contributed by atoms with Crippen molar-refractivity contribution in [3.8, 4) is 5.75 Å². The Labute approximate surface area is 164 Å². The summed E-state index contributed by atoms with van der Waals surface area (Å²) in [5.74, 6) is 0.216. The zero-order valence-corrected chi connectivity index (χ0v) is 16.5. The molecule has 0 bridgehead atoms. The number of rotatable bonds is 6. The molecular formula is C22H24FN3O2. The van der Waals surface area contributed by atoms with Crippen molar-refractivity contribution in [3.05, 3.63) is 76.9 Å². The van der Waals surface area contributed by atoms with Crippen molar-refractivity contribution in [1.29, 1.82) is 0 Å². The summed E-state index contributed by atoms with van der Waals surface area (Å²) < 4.78 is 21.2. The highest BCUT2D eigenvalue weighted by Gasteiger charge is 2.16. The van der Waals surface area contributed by atoms with Gasteiger partial charge in [-0.1, -0.05) is 18.2 Å². The fraction of sp³-hybridized carbons (Fsp3) is 0.273. The molecule has 1 aromatic heterocycles. The van der Waals surface area contributed by atoms with Crippen LogP contribution < -0.4 is 10.1 Å². The van der Waals surface area contributed by atoms with Gasteiger partial charge in [-0.05, 0) is 58.0 Å². The Balaban J connectivity index is 1.76. The van der Waals surface area contributed by atoms with E-state index in [0.29, 0.717) is 29.1 Å². The van der Waals surface area contributed by atoms with Crippen LogP contribution in [0.3, 0.4) is 0 Å². The highest BCUT2D eigenvalue weighted by molar-refractivity contribution is 6.04. The number of carbonyl (C=O) groups excluding carboxylic acids is 1. The van der Waals surface area contributed by atoms with Gasteiger partial charge < -0.3 is 10.1 Å². The van der Waals surface area contributed by atoms with Crippen LogP contribution in [-0.4, -0.2) is 21.8 Å². The third-order valence-electron chi connectivity index (χ3n) is 4.39. The van der Waals surface area contributed by atoms with Gasteiger partial charge >= 0.3 is 0 Å². The van der Waals surface area contributed by atoms with Crippen molar-refractivity contribution in [2.45, 2.75) is 40.3 Å². The highest BCUT2D eigenvalue weighted by atomic mass is 19.1. The molecule has 28 heavy (non-hydrogen) atoms. The van der Waals surface area contributed by atoms with Gasteiger partial charge in [-0.2, -0.15) is 5.10 Å². The van der Waals surface area contributed by atoms with E-state index < -0.39 is 0 Å². The average molecular weight is 381 g/mol. The average Bonchev–Trinajstić information content (AvgIpc) is 2.91. The second-order valence-corrected chi connectivity index (χ2v) is 6.94. The van der Waals surface area contributed by atoms with E-state index in [4.69, 9.17) is 4.74 Å². The Morgan fingerprint density at radius 3 is 2.46 bits per heavy atom. The second kappa shape index (κ2) is 8.25. The van der Waals surface area contributed by atoms with Crippen LogP contribution in [0.25, 0.3) is 0 Å². The van der Waals surface area contributed by atoms with Crippen molar-refractivity contribution in [3.63, 3.8) is 0 Å². The van der Waals surface area contributed by atoms with Crippen molar-refractivity contribution in [2.24, 2.45) is 0 Å². The molecule has 0 atom stereocenters. The Morgan fingerprint density at radius 1 is 1.14 bits per heavy atom. The van der Waals surface area contributed by atoms with Gasteiger partial charge in [0.05, 0.1) is 29.7 Å². The summed E-state index contributed by atoms with van der Waals surface area (Å²) in [6.07, 6.45) is 0.0743. The number of aryl methyl sites for hydroxylation is 1. The molecule has 5 nitrogen and oxygen atoms in total. The lowest BCUT2D eigenvalue weighted by molar-refractivity contribution is 0.102. The third-order valence-corrected chi connectivity index (χ3v) is 4.39. The van der Waals surface area contributed by atoms with Gasteiger partial charge in [-0.3, -0.25) is 9.48 Å². The van der Waals surface area contributed by atoms with Crippen molar-refractivity contribution < 1.29 is 13.9 Å². The number of carbonyl (C=O) groups is 1. The summed E-state index contributed by atoms with van der Waals surface area (Å²) in [5, 5.41) is 7.37. The van der Waals surface area contributed by atoms with Crippen LogP contribution >= 0.6 is 0 Å². The zero-order chi connectivity index (χ0) is 20.3. The van der Waals surface area contributed by atoms with E-state index in [1.54, 1.807) is 47.1 Å². The molecule has 0 aliphatic heterocycles. The second-order valence-electron chi connectivity index (χ2n) is 6.94. The lowest BCUT2D eigenvalue weighted by Crippen LogP contribution is -2.13. The predicted octanol–water partition coefficient (Wildman–Crippen LogP) is 4.73. The van der Waals surface area contributed by atoms with Crippen molar-refractivity contribution in [1.82, 2.24) is 9.78 Å². The molecule has 0 spiro atoms. The Kier molecular flexibility index (Phi) is 5.78. The van der Waals surface area contributed by atoms with Gasteiger partial charge in [0, 0.05) is 11.1 Å². The number of hydrogen-bond donors (Lipinski definition) is 1. The molecule has 0 aliphatic rings. The molecule has 3 aromatic rings. The Hall–Kier alpha value is -3.15. The lowest BCUT2D eigenvalue weighted by atomic mass is 10.2. The minimum atomic E-state index is -0.274. The molecule has 6 heteroatoms. The van der Waals surface area contributed by atoms with Crippen LogP contribution in [-0.2, 0) is 6.54 Å². The number of ether oxygens (including phenoxy) is 1. The number of aromatic nitrogens is 2. The predicted molar refractivity (Wildman–Crippen MR) is 107 cm³/mol. The first-order valence-corrected chi connectivity index (χ1v) is 9.20. The number of nitrogens with zero attached hydrogens (tertiary/aromatic N) is 2. The number of anilines is 1. The molecular weight excluding hydrogens is 357 g/mol. The number of nitrogens with one attached hydrogen (secondary N) is 1. The first-order chi connectivity index (χ1) is 13.3. The van der Waals surface area contributed by atoms with E-state index in [0.717, 1.165) is 11.4 Å². The zero-order valence-electron chi connectivity index (χ0n) is 16.5. The first-order valence-electron chi connectivity index (χ1n) is 9.20. The summed E-state index contributed by atoms with van der Waals surface area (Å²) in [4.78, 5) is 12.6. The van der Waals surface area contributed by atoms with Crippen LogP contribution in [0.15, 0.2) is 48.5 Å². The van der Waals surface area contributed by atoms with E-state index in [-0.39, 0.29) is 17.8 Å². The Morgan fingerprint density at radius 2 is 1.82 bits per heavy atom. The van der Waals surface area contributed by atoms with Crippen LogP contribution in [0.5, 0.6) is 5.75 Å². The molecule has 0 fully saturated rings. The van der Waals surface area contributed by atoms with E-state index >= 15 is 0 Å². The van der Waals surface area contributed by atoms with Crippen LogP contribution in [0.2, 0.25) is 0 Å². The monoisotopic (exact) mass is 381 g/mol. The molecule has 0 saturated heterocycles. The summed E-state index contributed by atoms with van der Waals surface area (Å²) in [7, 11) is 0. The normalized spacial score (nSPS) is 10.9. The van der Waals surface area contributed by atoms with Crippen LogP contribution in [0.4, 0.5) is 10.1 Å². The first kappa shape index (κ1) is 19.6. The molecule has 0 unspecified atom stereocenters. The molecule has 3 rings (SSSR count). The molecule has 0 radical (unpaired) electrons. The standard InChI is InChI=1S/C22H24FN3O2/c1-14(2)28-19-11-9-17(10-12-19)22(27)24-21-15(3)25-26(16(21)4)13-18-7-5-6-8-20(18)23/h5-12,14H,13H2,1-4H3,(H,24,27). The molecule has 1 N–H and O–H groups in total. The highest BCUT2D eigenvalue weighted by Crippen LogP contribution is 2.22. The number of amides is 1. The van der Waals surface area contributed by atoms with E-state index in [1.807, 2.05) is 27.7 Å². The topological polar surface area (TPSA) is 56.2 Å². The van der Waals surface area contributed by atoms with Gasteiger partial charge in [-0.15, -0.1) is 0 Å². The molecule has 0 aliphatic carbocycles. The van der Waals surface area contributed by atoms with Crippen molar-refractivity contribution in [2.75, 3.05) is 5.32 Å². The summed E-state index contributed by atoms with van der Waals surface area (Å²) in [6, 6.07) is 13.6. The van der Waals surface area contributed by atoms with Gasteiger partial charge in [0.25, 0.3) is 5.91 Å².